The first-order chi connectivity index (χ1) is 19.7. The van der Waals surface area contributed by atoms with Gasteiger partial charge in [-0.1, -0.05) is 33.5 Å². The van der Waals surface area contributed by atoms with Crippen molar-refractivity contribution in [2.45, 2.75) is 12.6 Å². The van der Waals surface area contributed by atoms with Crippen LogP contribution in [0.2, 0.25) is 0 Å². The normalized spacial score (nSPS) is 17.1. The Balaban J connectivity index is 1.32. The molecule has 3 aliphatic heterocycles. The molecule has 0 bridgehead atoms. The fourth-order valence-electron chi connectivity index (χ4n) is 6.77. The van der Waals surface area contributed by atoms with Crippen molar-refractivity contribution in [2.75, 3.05) is 0 Å². The molecule has 1 spiro atoms. The van der Waals surface area contributed by atoms with Crippen LogP contribution in [0.1, 0.15) is 16.8 Å². The molecule has 8 heteroatoms. The van der Waals surface area contributed by atoms with Gasteiger partial charge in [0.15, 0.2) is 34.4 Å². The molecule has 4 aromatic heterocycles. The number of ether oxygens (including phenoxy) is 2. The number of fused-ring (bicyclic) bond motifs is 6. The Morgan fingerprint density at radius 1 is 0.800 bits per heavy atom. The van der Waals surface area contributed by atoms with E-state index in [1.165, 1.54) is 0 Å². The molecule has 0 fully saturated rings. The van der Waals surface area contributed by atoms with E-state index in [0.29, 0.717) is 0 Å². The van der Waals surface area contributed by atoms with E-state index in [2.05, 4.69) is 33.2 Å². The lowest BCUT2D eigenvalue weighted by Crippen LogP contribution is -2.77. The Morgan fingerprint density at radius 3 is 2.52 bits per heavy atom. The number of benzene rings is 3. The average Bonchev–Trinajstić information content (AvgIpc) is 3.62. The second-order valence-electron chi connectivity index (χ2n) is 10.4. The Kier molecular flexibility index (Phi) is 3.44. The molecule has 0 aliphatic carbocycles. The number of para-hydroxylation sites is 1. The summed E-state index contributed by atoms with van der Waals surface area (Å²) in [4.78, 5) is 6.89. The minimum Gasteiger partial charge on any atom is -0.455 e. The van der Waals surface area contributed by atoms with Crippen LogP contribution in [-0.2, 0) is 5.66 Å². The number of hydrogen-bond donors (Lipinski definition) is 0. The number of hydrogen-bond acceptors (Lipinski definition) is 5. The van der Waals surface area contributed by atoms with Crippen LogP contribution in [0.25, 0.3) is 39.0 Å². The number of furan rings is 1. The summed E-state index contributed by atoms with van der Waals surface area (Å²) in [5.41, 5.74) is 7.23. The van der Waals surface area contributed by atoms with Crippen LogP contribution in [0.4, 0.5) is 0 Å². The van der Waals surface area contributed by atoms with Crippen LogP contribution in [0.5, 0.6) is 23.1 Å². The van der Waals surface area contributed by atoms with Crippen LogP contribution in [0.15, 0.2) is 102 Å². The van der Waals surface area contributed by atoms with Gasteiger partial charge in [0, 0.05) is 28.3 Å². The molecule has 1 unspecified atom stereocenters. The number of pyridine rings is 2. The van der Waals surface area contributed by atoms with E-state index >= 15 is 0 Å². The zero-order valence-electron chi connectivity index (χ0n) is 21.2. The van der Waals surface area contributed by atoms with E-state index in [4.69, 9.17) is 24.0 Å². The van der Waals surface area contributed by atoms with Crippen molar-refractivity contribution in [3.8, 4) is 40.1 Å². The first-order valence-electron chi connectivity index (χ1n) is 13.2. The molecular weight excluding hydrogens is 502 g/mol. The smallest absolute Gasteiger partial charge is 0.455 e. The maximum atomic E-state index is 6.49. The number of aromatic nitrogens is 5. The minimum absolute atomic E-state index is 0.725. The Labute approximate surface area is 226 Å². The third kappa shape index (κ3) is 2.18. The summed E-state index contributed by atoms with van der Waals surface area (Å²) < 4.78 is 23.4. The molecule has 0 radical (unpaired) electrons. The molecule has 188 valence electrons. The van der Waals surface area contributed by atoms with Crippen molar-refractivity contribution < 1.29 is 23.3 Å². The number of nitrogens with zero attached hydrogens (tertiary/aromatic N) is 5. The lowest BCUT2D eigenvalue weighted by Gasteiger charge is -2.30. The van der Waals surface area contributed by atoms with Crippen molar-refractivity contribution in [3.63, 3.8) is 0 Å². The highest BCUT2D eigenvalue weighted by atomic mass is 16.5. The molecule has 3 aromatic carbocycles. The molecular formula is C32H19N5O3+2. The maximum absolute atomic E-state index is 6.49. The van der Waals surface area contributed by atoms with Crippen molar-refractivity contribution in [1.82, 2.24) is 14.8 Å². The quantitative estimate of drug-likeness (QED) is 0.265. The zero-order valence-corrected chi connectivity index (χ0v) is 21.2. The van der Waals surface area contributed by atoms with Crippen LogP contribution in [0, 0.1) is 6.92 Å². The Bertz CT molecular complexity index is 2250. The fraction of sp³-hybridized carbons (Fsp3) is 0.0625. The monoisotopic (exact) mass is 521 g/mol. The Morgan fingerprint density at radius 2 is 1.60 bits per heavy atom. The molecule has 1 atom stereocenters. The molecule has 0 amide bonds. The van der Waals surface area contributed by atoms with E-state index in [1.807, 2.05) is 85.1 Å². The molecule has 40 heavy (non-hydrogen) atoms. The summed E-state index contributed by atoms with van der Waals surface area (Å²) >= 11 is 0. The van der Waals surface area contributed by atoms with Gasteiger partial charge in [0.25, 0.3) is 0 Å². The van der Waals surface area contributed by atoms with Gasteiger partial charge in [-0.2, -0.15) is 0 Å². The molecule has 7 aromatic rings. The summed E-state index contributed by atoms with van der Waals surface area (Å²) in [6, 6.07) is 28.1. The SMILES string of the molecule is Cc1c(-c2cnc3c(c2)oc2ccccc23)n[n+]2n1-c1cccc3c1C21c2c(cccc2Oc2cccc[n+]21)O3. The van der Waals surface area contributed by atoms with Gasteiger partial charge in [-0.15, -0.1) is 0 Å². The van der Waals surface area contributed by atoms with E-state index in [1.54, 1.807) is 0 Å². The largest absolute Gasteiger partial charge is 0.477 e. The van der Waals surface area contributed by atoms with Crippen molar-refractivity contribution in [3.05, 3.63) is 114 Å². The molecule has 10 rings (SSSR count). The van der Waals surface area contributed by atoms with Gasteiger partial charge in [0.1, 0.15) is 34.0 Å². The van der Waals surface area contributed by atoms with Gasteiger partial charge in [-0.25, -0.2) is 0 Å². The molecule has 0 saturated heterocycles. The molecule has 8 nitrogen and oxygen atoms in total. The van der Waals surface area contributed by atoms with Crippen LogP contribution in [-0.4, -0.2) is 14.8 Å². The van der Waals surface area contributed by atoms with Gasteiger partial charge in [-0.3, -0.25) is 4.98 Å². The van der Waals surface area contributed by atoms with Crippen molar-refractivity contribution >= 4 is 22.1 Å². The second-order valence-corrected chi connectivity index (χ2v) is 10.4. The average molecular weight is 522 g/mol. The van der Waals surface area contributed by atoms with Gasteiger partial charge < -0.3 is 13.9 Å². The van der Waals surface area contributed by atoms with E-state index in [0.717, 1.165) is 79.0 Å². The first-order valence-corrected chi connectivity index (χ1v) is 13.2. The third-order valence-electron chi connectivity index (χ3n) is 8.35. The first kappa shape index (κ1) is 20.5. The van der Waals surface area contributed by atoms with Crippen LogP contribution >= 0.6 is 0 Å². The Hall–Kier alpha value is -5.50. The summed E-state index contributed by atoms with van der Waals surface area (Å²) in [5.74, 6) is 3.02. The third-order valence-corrected chi connectivity index (χ3v) is 8.35. The second kappa shape index (κ2) is 6.73. The predicted molar refractivity (Wildman–Crippen MR) is 144 cm³/mol. The predicted octanol–water partition coefficient (Wildman–Crippen LogP) is 5.54. The summed E-state index contributed by atoms with van der Waals surface area (Å²) in [6.45, 7) is 2.10. The van der Waals surface area contributed by atoms with E-state index < -0.39 is 5.66 Å². The maximum Gasteiger partial charge on any atom is 0.477 e. The standard InChI is InChI=1S/C32H19N5O3/c1-18-30(19-16-26-31(33-17-19)20-8-2-3-10-22(20)38-26)34-37-32-28-21(36(18)37)9-6-11-23(28)39-24-12-7-13-25(29(24)32)40-27-14-4-5-15-35(27)32/h2-17H,1H3/q+2. The van der Waals surface area contributed by atoms with E-state index in [9.17, 15) is 0 Å². The van der Waals surface area contributed by atoms with Crippen LogP contribution in [0.3, 0.4) is 0 Å². The molecule has 7 heterocycles. The minimum atomic E-state index is -0.842. The number of rotatable bonds is 1. The summed E-state index contributed by atoms with van der Waals surface area (Å²) in [6.07, 6.45) is 3.94. The summed E-state index contributed by atoms with van der Waals surface area (Å²) in [5, 5.41) is 6.35. The van der Waals surface area contributed by atoms with Gasteiger partial charge in [0.2, 0.25) is 0 Å². The van der Waals surface area contributed by atoms with Gasteiger partial charge in [0.05, 0.1) is 10.9 Å². The molecule has 3 aliphatic rings. The van der Waals surface area contributed by atoms with Gasteiger partial charge in [-0.05, 0) is 55.5 Å². The van der Waals surface area contributed by atoms with Crippen molar-refractivity contribution in [1.29, 1.82) is 0 Å². The summed E-state index contributed by atoms with van der Waals surface area (Å²) in [7, 11) is 0. The lowest BCUT2D eigenvalue weighted by atomic mass is 9.85. The van der Waals surface area contributed by atoms with E-state index in [-0.39, 0.29) is 0 Å². The highest BCUT2D eigenvalue weighted by Crippen LogP contribution is 2.55. The van der Waals surface area contributed by atoms with Gasteiger partial charge >= 0.3 is 11.5 Å². The van der Waals surface area contributed by atoms with Crippen LogP contribution < -0.4 is 18.8 Å². The molecule has 0 N–H and O–H groups in total. The fourth-order valence-corrected chi connectivity index (χ4v) is 6.77. The topological polar surface area (TPSA) is 70.1 Å². The zero-order chi connectivity index (χ0) is 26.2. The lowest BCUT2D eigenvalue weighted by molar-refractivity contribution is -1.02. The molecule has 0 saturated carbocycles. The van der Waals surface area contributed by atoms with Crippen molar-refractivity contribution in [2.24, 2.45) is 0 Å². The highest BCUT2D eigenvalue weighted by Gasteiger charge is 2.73. The highest BCUT2D eigenvalue weighted by molar-refractivity contribution is 6.03.